The maximum atomic E-state index is 10.6. The summed E-state index contributed by atoms with van der Waals surface area (Å²) in [5.74, 6) is -0.927. The van der Waals surface area contributed by atoms with E-state index in [0.717, 1.165) is 33.3 Å². The number of carboxylic acid groups (broad SMARTS) is 1. The van der Waals surface area contributed by atoms with Gasteiger partial charge in [0.15, 0.2) is 0 Å². The Hall–Kier alpha value is -1.46. The van der Waals surface area contributed by atoms with Crippen LogP contribution in [0.3, 0.4) is 0 Å². The van der Waals surface area contributed by atoms with E-state index in [2.05, 4.69) is 11.9 Å². The molecule has 0 aliphatic rings. The summed E-state index contributed by atoms with van der Waals surface area (Å²) in [6.07, 6.45) is 4.69. The molecule has 1 N–H and O–H groups in total. The fourth-order valence-corrected chi connectivity index (χ4v) is 3.37. The van der Waals surface area contributed by atoms with Crippen LogP contribution in [0.15, 0.2) is 23.6 Å². The molecule has 18 heavy (non-hydrogen) atoms. The molecule has 0 fully saturated rings. The molecule has 0 aromatic carbocycles. The van der Waals surface area contributed by atoms with Crippen LogP contribution in [0.4, 0.5) is 0 Å². The van der Waals surface area contributed by atoms with Crippen molar-refractivity contribution in [2.24, 2.45) is 0 Å². The Bertz CT molecular complexity index is 556. The quantitative estimate of drug-likeness (QED) is 0.844. The lowest BCUT2D eigenvalue weighted by Gasteiger charge is -1.93. The molecule has 0 amide bonds. The van der Waals surface area contributed by atoms with Gasteiger partial charge in [-0.25, -0.2) is 9.78 Å². The number of carbonyl (C=O) groups is 1. The van der Waals surface area contributed by atoms with Crippen LogP contribution in [0.1, 0.15) is 23.9 Å². The Kier molecular flexibility index (Phi) is 4.28. The number of aliphatic carboxylic acids is 1. The van der Waals surface area contributed by atoms with Gasteiger partial charge in [-0.3, -0.25) is 0 Å². The van der Waals surface area contributed by atoms with Crippen molar-refractivity contribution >= 4 is 34.7 Å². The molecule has 0 unspecified atom stereocenters. The molecule has 2 aromatic rings. The average Bonchev–Trinajstić information content (AvgIpc) is 2.95. The number of thiophene rings is 1. The number of aromatic nitrogens is 1. The summed E-state index contributed by atoms with van der Waals surface area (Å²) >= 11 is 3.20. The number of hydrogen-bond donors (Lipinski definition) is 1. The number of carboxylic acids is 1. The highest BCUT2D eigenvalue weighted by Gasteiger charge is 2.10. The molecule has 0 spiro atoms. The molecule has 2 heterocycles. The van der Waals surface area contributed by atoms with Gasteiger partial charge in [-0.2, -0.15) is 0 Å². The number of nitrogens with zero attached hydrogens (tertiary/aromatic N) is 1. The predicted molar refractivity (Wildman–Crippen MR) is 76.1 cm³/mol. The molecule has 3 nitrogen and oxygen atoms in total. The number of hydrogen-bond acceptors (Lipinski definition) is 4. The van der Waals surface area contributed by atoms with Crippen molar-refractivity contribution in [2.45, 2.75) is 19.8 Å². The zero-order valence-corrected chi connectivity index (χ0v) is 11.6. The van der Waals surface area contributed by atoms with Gasteiger partial charge in [0.25, 0.3) is 0 Å². The van der Waals surface area contributed by atoms with Crippen molar-refractivity contribution < 1.29 is 9.90 Å². The Morgan fingerprint density at radius 1 is 1.56 bits per heavy atom. The summed E-state index contributed by atoms with van der Waals surface area (Å²) < 4.78 is 0. The fraction of sp³-hybridized carbons (Fsp3) is 0.231. The summed E-state index contributed by atoms with van der Waals surface area (Å²) in [4.78, 5) is 17.3. The molecule has 5 heteroatoms. The molecule has 0 saturated carbocycles. The lowest BCUT2D eigenvalue weighted by Crippen LogP contribution is -1.88. The summed E-state index contributed by atoms with van der Waals surface area (Å²) in [5, 5.41) is 11.7. The normalized spacial score (nSPS) is 11.2. The number of rotatable bonds is 5. The molecule has 0 bridgehead atoms. The minimum Gasteiger partial charge on any atom is -0.478 e. The minimum absolute atomic E-state index is 0.876. The third kappa shape index (κ3) is 3.05. The third-order valence-electron chi connectivity index (χ3n) is 2.32. The van der Waals surface area contributed by atoms with E-state index in [4.69, 9.17) is 5.11 Å². The van der Waals surface area contributed by atoms with Gasteiger partial charge >= 0.3 is 5.97 Å². The van der Waals surface area contributed by atoms with E-state index in [-0.39, 0.29) is 0 Å². The predicted octanol–water partition coefficient (Wildman–Crippen LogP) is 3.92. The summed E-state index contributed by atoms with van der Waals surface area (Å²) in [6, 6.07) is 4.03. The van der Waals surface area contributed by atoms with E-state index in [9.17, 15) is 4.79 Å². The van der Waals surface area contributed by atoms with Crippen molar-refractivity contribution in [3.8, 4) is 9.88 Å². The number of aryl methyl sites for hydroxylation is 1. The van der Waals surface area contributed by atoms with Crippen LogP contribution >= 0.6 is 22.7 Å². The average molecular weight is 279 g/mol. The Balaban J connectivity index is 2.35. The second-order valence-electron chi connectivity index (χ2n) is 3.73. The van der Waals surface area contributed by atoms with Crippen LogP contribution in [0.25, 0.3) is 16.0 Å². The molecular weight excluding hydrogens is 266 g/mol. The highest BCUT2D eigenvalue weighted by atomic mass is 32.1. The van der Waals surface area contributed by atoms with Crippen LogP contribution in [0, 0.1) is 0 Å². The first-order chi connectivity index (χ1) is 8.70. The first kappa shape index (κ1) is 13.0. The maximum absolute atomic E-state index is 10.6. The van der Waals surface area contributed by atoms with E-state index in [0.29, 0.717) is 0 Å². The van der Waals surface area contributed by atoms with Crippen LogP contribution in [-0.2, 0) is 11.2 Å². The van der Waals surface area contributed by atoms with Crippen LogP contribution < -0.4 is 0 Å². The standard InChI is InChI=1S/C13H13NO2S2/c1-2-4-9-10(6-7-12(15)16)18-13(14-9)11-5-3-8-17-11/h3,5-8H,2,4H2,1H3,(H,15,16)/b7-6+. The molecule has 0 aliphatic carbocycles. The van der Waals surface area contributed by atoms with Gasteiger partial charge in [-0.05, 0) is 23.9 Å². The van der Waals surface area contributed by atoms with E-state index in [1.807, 2.05) is 17.5 Å². The first-order valence-electron chi connectivity index (χ1n) is 5.65. The van der Waals surface area contributed by atoms with Gasteiger partial charge in [-0.15, -0.1) is 22.7 Å². The van der Waals surface area contributed by atoms with Gasteiger partial charge in [0.05, 0.1) is 15.4 Å². The van der Waals surface area contributed by atoms with Crippen molar-refractivity contribution in [1.82, 2.24) is 4.98 Å². The van der Waals surface area contributed by atoms with E-state index >= 15 is 0 Å². The van der Waals surface area contributed by atoms with E-state index < -0.39 is 5.97 Å². The maximum Gasteiger partial charge on any atom is 0.328 e. The molecule has 2 aromatic heterocycles. The smallest absolute Gasteiger partial charge is 0.328 e. The van der Waals surface area contributed by atoms with E-state index in [1.165, 1.54) is 6.08 Å². The van der Waals surface area contributed by atoms with Crippen LogP contribution in [0.5, 0.6) is 0 Å². The highest BCUT2D eigenvalue weighted by Crippen LogP contribution is 2.32. The van der Waals surface area contributed by atoms with Gasteiger partial charge in [0, 0.05) is 6.08 Å². The Morgan fingerprint density at radius 3 is 3.00 bits per heavy atom. The van der Waals surface area contributed by atoms with Crippen LogP contribution in [-0.4, -0.2) is 16.1 Å². The molecule has 0 atom stereocenters. The van der Waals surface area contributed by atoms with Crippen molar-refractivity contribution in [3.63, 3.8) is 0 Å². The highest BCUT2D eigenvalue weighted by molar-refractivity contribution is 7.21. The summed E-state index contributed by atoms with van der Waals surface area (Å²) in [7, 11) is 0. The second-order valence-corrected chi connectivity index (χ2v) is 5.71. The lowest BCUT2D eigenvalue weighted by atomic mass is 10.2. The van der Waals surface area contributed by atoms with E-state index in [1.54, 1.807) is 28.7 Å². The largest absolute Gasteiger partial charge is 0.478 e. The van der Waals surface area contributed by atoms with Gasteiger partial charge < -0.3 is 5.11 Å². The van der Waals surface area contributed by atoms with Crippen molar-refractivity contribution in [1.29, 1.82) is 0 Å². The Morgan fingerprint density at radius 2 is 2.39 bits per heavy atom. The van der Waals surface area contributed by atoms with Crippen molar-refractivity contribution in [2.75, 3.05) is 0 Å². The van der Waals surface area contributed by atoms with Crippen molar-refractivity contribution in [3.05, 3.63) is 34.2 Å². The van der Waals surface area contributed by atoms with Gasteiger partial charge in [-0.1, -0.05) is 19.4 Å². The van der Waals surface area contributed by atoms with Gasteiger partial charge in [0.1, 0.15) is 5.01 Å². The molecule has 2 rings (SSSR count). The molecule has 94 valence electrons. The summed E-state index contributed by atoms with van der Waals surface area (Å²) in [5.41, 5.74) is 0.989. The molecular formula is C13H13NO2S2. The lowest BCUT2D eigenvalue weighted by molar-refractivity contribution is -0.131. The number of thiazole rings is 1. The third-order valence-corrected chi connectivity index (χ3v) is 4.43. The van der Waals surface area contributed by atoms with Crippen LogP contribution in [0.2, 0.25) is 0 Å². The fourth-order valence-electron chi connectivity index (χ4n) is 1.56. The summed E-state index contributed by atoms with van der Waals surface area (Å²) in [6.45, 7) is 2.09. The molecule has 0 saturated heterocycles. The minimum atomic E-state index is -0.927. The first-order valence-corrected chi connectivity index (χ1v) is 7.35. The zero-order valence-electron chi connectivity index (χ0n) is 9.92. The topological polar surface area (TPSA) is 50.2 Å². The SMILES string of the molecule is CCCc1nc(-c2cccs2)sc1/C=C/C(=O)O. The zero-order chi connectivity index (χ0) is 13.0. The van der Waals surface area contributed by atoms with Gasteiger partial charge in [0.2, 0.25) is 0 Å². The second kappa shape index (κ2) is 5.93. The Labute approximate surface area is 113 Å². The monoisotopic (exact) mass is 279 g/mol. The molecule has 0 radical (unpaired) electrons. The molecule has 0 aliphatic heterocycles.